The summed E-state index contributed by atoms with van der Waals surface area (Å²) in [5.41, 5.74) is 1.33. The summed E-state index contributed by atoms with van der Waals surface area (Å²) in [6.45, 7) is 0. The third kappa shape index (κ3) is 2.15. The van der Waals surface area contributed by atoms with Gasteiger partial charge in [0.25, 0.3) is 5.91 Å². The Balaban J connectivity index is 2.51. The molecule has 0 saturated carbocycles. The van der Waals surface area contributed by atoms with E-state index in [0.717, 1.165) is 5.56 Å². The normalized spacial score (nSPS) is 10.0. The lowest BCUT2D eigenvalue weighted by Crippen LogP contribution is -2.17. The van der Waals surface area contributed by atoms with Gasteiger partial charge in [-0.15, -0.1) is 0 Å². The van der Waals surface area contributed by atoms with Crippen LogP contribution in [-0.2, 0) is 0 Å². The maximum atomic E-state index is 11.6. The molecule has 0 aliphatic rings. The maximum absolute atomic E-state index is 11.6. The number of carbonyl (C=O) groups is 1. The lowest BCUT2D eigenvalue weighted by Gasteiger charge is -2.08. The van der Waals surface area contributed by atoms with Crippen molar-refractivity contribution in [3.63, 3.8) is 0 Å². The molecule has 0 aliphatic heterocycles. The van der Waals surface area contributed by atoms with Crippen LogP contribution in [0.25, 0.3) is 11.3 Å². The molecule has 1 aromatic carbocycles. The number of nitrogens with one attached hydrogen (secondary N) is 1. The highest BCUT2D eigenvalue weighted by Crippen LogP contribution is 2.31. The van der Waals surface area contributed by atoms with Crippen molar-refractivity contribution in [1.29, 1.82) is 0 Å². The highest BCUT2D eigenvalue weighted by molar-refractivity contribution is 5.95. The summed E-state index contributed by atoms with van der Waals surface area (Å²) in [4.78, 5) is 11.6. The van der Waals surface area contributed by atoms with Crippen LogP contribution < -0.4 is 10.1 Å². The molecule has 0 radical (unpaired) electrons. The summed E-state index contributed by atoms with van der Waals surface area (Å²) in [6.07, 6.45) is 1.58. The fourth-order valence-corrected chi connectivity index (χ4v) is 1.62. The fourth-order valence-electron chi connectivity index (χ4n) is 1.62. The lowest BCUT2D eigenvalue weighted by molar-refractivity contribution is 0.0963. The Morgan fingerprint density at radius 1 is 1.35 bits per heavy atom. The quantitative estimate of drug-likeness (QED) is 0.881. The SMILES string of the molecule is CNC(=O)c1ccc(OC)c(-c2ccco2)c1. The molecule has 0 fully saturated rings. The van der Waals surface area contributed by atoms with E-state index in [0.29, 0.717) is 17.1 Å². The molecule has 2 aromatic rings. The Kier molecular flexibility index (Phi) is 3.14. The molecule has 1 amide bonds. The van der Waals surface area contributed by atoms with Crippen LogP contribution in [0.1, 0.15) is 10.4 Å². The van der Waals surface area contributed by atoms with Crippen molar-refractivity contribution in [3.8, 4) is 17.1 Å². The highest BCUT2D eigenvalue weighted by atomic mass is 16.5. The Morgan fingerprint density at radius 3 is 2.76 bits per heavy atom. The summed E-state index contributed by atoms with van der Waals surface area (Å²) in [5.74, 6) is 1.21. The molecular weight excluding hydrogens is 218 g/mol. The summed E-state index contributed by atoms with van der Waals surface area (Å²) in [6, 6.07) is 8.83. The molecule has 0 unspecified atom stereocenters. The van der Waals surface area contributed by atoms with E-state index in [1.807, 2.05) is 6.07 Å². The van der Waals surface area contributed by atoms with Gasteiger partial charge in [-0.2, -0.15) is 0 Å². The average Bonchev–Trinajstić information content (AvgIpc) is 2.90. The zero-order chi connectivity index (χ0) is 12.3. The first-order valence-corrected chi connectivity index (χ1v) is 5.20. The number of furan rings is 1. The first-order valence-electron chi connectivity index (χ1n) is 5.20. The number of hydrogen-bond acceptors (Lipinski definition) is 3. The van der Waals surface area contributed by atoms with E-state index < -0.39 is 0 Å². The van der Waals surface area contributed by atoms with Gasteiger partial charge in [-0.05, 0) is 30.3 Å². The number of rotatable bonds is 3. The second kappa shape index (κ2) is 4.74. The van der Waals surface area contributed by atoms with Gasteiger partial charge in [0.1, 0.15) is 11.5 Å². The van der Waals surface area contributed by atoms with Crippen LogP contribution in [0.15, 0.2) is 41.0 Å². The Morgan fingerprint density at radius 2 is 2.18 bits per heavy atom. The Hall–Kier alpha value is -2.23. The third-order valence-corrected chi connectivity index (χ3v) is 2.48. The Bertz CT molecular complexity index is 517. The molecule has 0 atom stereocenters. The molecular formula is C13H13NO3. The van der Waals surface area contributed by atoms with Crippen LogP contribution in [0, 0.1) is 0 Å². The van der Waals surface area contributed by atoms with Crippen molar-refractivity contribution in [3.05, 3.63) is 42.2 Å². The number of amides is 1. The monoisotopic (exact) mass is 231 g/mol. The molecule has 2 rings (SSSR count). The highest BCUT2D eigenvalue weighted by Gasteiger charge is 2.12. The number of methoxy groups -OCH3 is 1. The molecule has 0 bridgehead atoms. The van der Waals surface area contributed by atoms with Crippen LogP contribution in [0.4, 0.5) is 0 Å². The van der Waals surface area contributed by atoms with E-state index in [2.05, 4.69) is 5.32 Å². The van der Waals surface area contributed by atoms with Gasteiger partial charge in [-0.1, -0.05) is 0 Å². The zero-order valence-corrected chi connectivity index (χ0v) is 9.69. The van der Waals surface area contributed by atoms with Crippen LogP contribution in [0.2, 0.25) is 0 Å². The van der Waals surface area contributed by atoms with Crippen molar-refractivity contribution < 1.29 is 13.9 Å². The van der Waals surface area contributed by atoms with E-state index in [1.54, 1.807) is 44.7 Å². The minimum atomic E-state index is -0.138. The average molecular weight is 231 g/mol. The largest absolute Gasteiger partial charge is 0.496 e. The van der Waals surface area contributed by atoms with E-state index in [9.17, 15) is 4.79 Å². The van der Waals surface area contributed by atoms with Crippen molar-refractivity contribution >= 4 is 5.91 Å². The van der Waals surface area contributed by atoms with E-state index >= 15 is 0 Å². The summed E-state index contributed by atoms with van der Waals surface area (Å²) in [7, 11) is 3.18. The van der Waals surface area contributed by atoms with Crippen LogP contribution in [0.3, 0.4) is 0 Å². The van der Waals surface area contributed by atoms with Gasteiger partial charge in [0.2, 0.25) is 0 Å². The maximum Gasteiger partial charge on any atom is 0.251 e. The standard InChI is InChI=1S/C13H13NO3/c1-14-13(15)9-5-6-11(16-2)10(8-9)12-4-3-7-17-12/h3-8H,1-2H3,(H,14,15). The van der Waals surface area contributed by atoms with Gasteiger partial charge < -0.3 is 14.5 Å². The van der Waals surface area contributed by atoms with E-state index in [4.69, 9.17) is 9.15 Å². The second-order valence-corrected chi connectivity index (χ2v) is 3.47. The van der Waals surface area contributed by atoms with Gasteiger partial charge in [0, 0.05) is 12.6 Å². The smallest absolute Gasteiger partial charge is 0.251 e. The third-order valence-electron chi connectivity index (χ3n) is 2.48. The summed E-state index contributed by atoms with van der Waals surface area (Å²) < 4.78 is 10.6. The number of carbonyl (C=O) groups excluding carboxylic acids is 1. The van der Waals surface area contributed by atoms with Gasteiger partial charge >= 0.3 is 0 Å². The molecule has 4 nitrogen and oxygen atoms in total. The van der Waals surface area contributed by atoms with Gasteiger partial charge in [0.05, 0.1) is 18.9 Å². The van der Waals surface area contributed by atoms with E-state index in [1.165, 1.54) is 0 Å². The van der Waals surface area contributed by atoms with Gasteiger partial charge in [-0.3, -0.25) is 4.79 Å². The van der Waals surface area contributed by atoms with Crippen molar-refractivity contribution in [1.82, 2.24) is 5.32 Å². The molecule has 17 heavy (non-hydrogen) atoms. The molecule has 0 spiro atoms. The first-order chi connectivity index (χ1) is 8.26. The summed E-state index contributed by atoms with van der Waals surface area (Å²) >= 11 is 0. The summed E-state index contributed by atoms with van der Waals surface area (Å²) in [5, 5.41) is 2.58. The topological polar surface area (TPSA) is 51.5 Å². The Labute approximate surface area is 99.2 Å². The fraction of sp³-hybridized carbons (Fsp3) is 0.154. The predicted octanol–water partition coefficient (Wildman–Crippen LogP) is 2.31. The predicted molar refractivity (Wildman–Crippen MR) is 64.1 cm³/mol. The number of benzene rings is 1. The zero-order valence-electron chi connectivity index (χ0n) is 9.69. The second-order valence-electron chi connectivity index (χ2n) is 3.47. The minimum absolute atomic E-state index is 0.138. The molecule has 88 valence electrons. The van der Waals surface area contributed by atoms with Gasteiger partial charge in [0.15, 0.2) is 0 Å². The van der Waals surface area contributed by atoms with Gasteiger partial charge in [-0.25, -0.2) is 0 Å². The lowest BCUT2D eigenvalue weighted by atomic mass is 10.1. The van der Waals surface area contributed by atoms with E-state index in [-0.39, 0.29) is 5.91 Å². The minimum Gasteiger partial charge on any atom is -0.496 e. The molecule has 1 heterocycles. The molecule has 1 aromatic heterocycles. The first kappa shape index (κ1) is 11.3. The molecule has 1 N–H and O–H groups in total. The molecule has 0 saturated heterocycles. The molecule has 0 aliphatic carbocycles. The number of ether oxygens (including phenoxy) is 1. The van der Waals surface area contributed by atoms with Crippen LogP contribution >= 0.6 is 0 Å². The van der Waals surface area contributed by atoms with Crippen molar-refractivity contribution in [2.24, 2.45) is 0 Å². The number of hydrogen-bond donors (Lipinski definition) is 1. The van der Waals surface area contributed by atoms with Crippen LogP contribution in [-0.4, -0.2) is 20.1 Å². The van der Waals surface area contributed by atoms with Crippen molar-refractivity contribution in [2.75, 3.05) is 14.2 Å². The van der Waals surface area contributed by atoms with Crippen molar-refractivity contribution in [2.45, 2.75) is 0 Å². The van der Waals surface area contributed by atoms with Crippen LogP contribution in [0.5, 0.6) is 5.75 Å². The molecule has 4 heteroatoms.